The Bertz CT molecular complexity index is 156. The first-order valence-electron chi connectivity index (χ1n) is 3.36. The van der Waals surface area contributed by atoms with Gasteiger partial charge in [-0.2, -0.15) is 0 Å². The molecular formula is C7H10NO2. The second-order valence-corrected chi connectivity index (χ2v) is 2.55. The van der Waals surface area contributed by atoms with E-state index >= 15 is 0 Å². The Hall–Kier alpha value is -0.860. The van der Waals surface area contributed by atoms with Crippen LogP contribution in [0.3, 0.4) is 0 Å². The number of likely N-dealkylation sites (tertiary alicyclic amines) is 1. The van der Waals surface area contributed by atoms with Crippen LogP contribution >= 0.6 is 0 Å². The molecule has 1 fully saturated rings. The smallest absolute Gasteiger partial charge is 0.222 e. The maximum absolute atomic E-state index is 10.9. The number of amides is 1. The Morgan fingerprint density at radius 2 is 2.50 bits per heavy atom. The lowest BCUT2D eigenvalue weighted by Crippen LogP contribution is -2.28. The van der Waals surface area contributed by atoms with Crippen molar-refractivity contribution < 1.29 is 9.59 Å². The number of carbonyl (C=O) groups excluding carboxylic acids is 2. The lowest BCUT2D eigenvalue weighted by molar-refractivity contribution is -0.127. The van der Waals surface area contributed by atoms with Gasteiger partial charge in [0.15, 0.2) is 0 Å². The number of rotatable bonds is 2. The summed E-state index contributed by atoms with van der Waals surface area (Å²) in [5.41, 5.74) is 0. The predicted octanol–water partition coefficient (Wildman–Crippen LogP) is 0.107. The van der Waals surface area contributed by atoms with Crippen LogP contribution in [0, 0.1) is 0 Å². The van der Waals surface area contributed by atoms with E-state index in [4.69, 9.17) is 0 Å². The van der Waals surface area contributed by atoms with Crippen molar-refractivity contribution >= 4 is 12.2 Å². The van der Waals surface area contributed by atoms with E-state index in [1.54, 1.807) is 11.9 Å². The van der Waals surface area contributed by atoms with E-state index in [0.717, 1.165) is 6.42 Å². The van der Waals surface area contributed by atoms with Crippen LogP contribution in [0.25, 0.3) is 0 Å². The molecule has 3 nitrogen and oxygen atoms in total. The minimum absolute atomic E-state index is 0.116. The molecule has 0 aromatic carbocycles. The van der Waals surface area contributed by atoms with Gasteiger partial charge in [-0.15, -0.1) is 0 Å². The van der Waals surface area contributed by atoms with Crippen molar-refractivity contribution in [2.75, 3.05) is 7.05 Å². The second kappa shape index (κ2) is 2.82. The van der Waals surface area contributed by atoms with E-state index in [1.807, 2.05) is 6.29 Å². The van der Waals surface area contributed by atoms with Crippen molar-refractivity contribution in [3.8, 4) is 0 Å². The van der Waals surface area contributed by atoms with Crippen molar-refractivity contribution in [3.05, 3.63) is 0 Å². The highest BCUT2D eigenvalue weighted by Gasteiger charge is 2.26. The van der Waals surface area contributed by atoms with Crippen molar-refractivity contribution in [3.63, 3.8) is 0 Å². The van der Waals surface area contributed by atoms with E-state index in [1.165, 1.54) is 0 Å². The minimum Gasteiger partial charge on any atom is -0.342 e. The SMILES string of the molecule is CN1C(=O)CC[C@H]1C[C]=O. The quantitative estimate of drug-likeness (QED) is 0.545. The first-order chi connectivity index (χ1) is 4.75. The fourth-order valence-corrected chi connectivity index (χ4v) is 1.20. The molecule has 10 heavy (non-hydrogen) atoms. The van der Waals surface area contributed by atoms with Crippen molar-refractivity contribution in [2.24, 2.45) is 0 Å². The average molecular weight is 140 g/mol. The fraction of sp³-hybridized carbons (Fsp3) is 0.714. The normalized spacial score (nSPS) is 25.5. The topological polar surface area (TPSA) is 37.4 Å². The highest BCUT2D eigenvalue weighted by molar-refractivity contribution is 5.79. The van der Waals surface area contributed by atoms with E-state index < -0.39 is 0 Å². The molecule has 0 aromatic rings. The first-order valence-corrected chi connectivity index (χ1v) is 3.36. The Morgan fingerprint density at radius 3 is 2.90 bits per heavy atom. The van der Waals surface area contributed by atoms with Gasteiger partial charge in [0.2, 0.25) is 12.2 Å². The van der Waals surface area contributed by atoms with Crippen LogP contribution in [0.5, 0.6) is 0 Å². The summed E-state index contributed by atoms with van der Waals surface area (Å²) in [5.74, 6) is 0.139. The minimum atomic E-state index is 0.116. The molecule has 1 saturated heterocycles. The zero-order valence-corrected chi connectivity index (χ0v) is 5.96. The van der Waals surface area contributed by atoms with Gasteiger partial charge >= 0.3 is 0 Å². The molecule has 0 saturated carbocycles. The van der Waals surface area contributed by atoms with Crippen molar-refractivity contribution in [1.82, 2.24) is 4.90 Å². The molecule has 1 heterocycles. The molecule has 1 amide bonds. The lowest BCUT2D eigenvalue weighted by Gasteiger charge is -2.16. The Balaban J connectivity index is 2.48. The molecule has 1 radical (unpaired) electrons. The molecule has 1 aliphatic rings. The molecule has 0 bridgehead atoms. The molecule has 1 aliphatic heterocycles. The third kappa shape index (κ3) is 1.17. The van der Waals surface area contributed by atoms with Crippen molar-refractivity contribution in [1.29, 1.82) is 0 Å². The van der Waals surface area contributed by atoms with Gasteiger partial charge in [-0.25, -0.2) is 0 Å². The molecule has 1 rings (SSSR count). The number of nitrogens with zero attached hydrogens (tertiary/aromatic N) is 1. The highest BCUT2D eigenvalue weighted by Crippen LogP contribution is 2.17. The number of hydrogen-bond donors (Lipinski definition) is 0. The molecule has 0 aromatic heterocycles. The summed E-state index contributed by atoms with van der Waals surface area (Å²) in [6.45, 7) is 0. The van der Waals surface area contributed by atoms with Gasteiger partial charge in [0.25, 0.3) is 0 Å². The third-order valence-electron chi connectivity index (χ3n) is 1.95. The molecule has 55 valence electrons. The van der Waals surface area contributed by atoms with Gasteiger partial charge in [0, 0.05) is 25.9 Å². The zero-order valence-electron chi connectivity index (χ0n) is 5.96. The van der Waals surface area contributed by atoms with E-state index in [0.29, 0.717) is 12.8 Å². The molecular weight excluding hydrogens is 130 g/mol. The van der Waals surface area contributed by atoms with Crippen LogP contribution in [0.1, 0.15) is 19.3 Å². The highest BCUT2D eigenvalue weighted by atomic mass is 16.2. The molecule has 0 unspecified atom stereocenters. The summed E-state index contributed by atoms with van der Waals surface area (Å²) >= 11 is 0. The van der Waals surface area contributed by atoms with Crippen LogP contribution in [-0.2, 0) is 9.59 Å². The predicted molar refractivity (Wildman–Crippen MR) is 36.1 cm³/mol. The van der Waals surface area contributed by atoms with E-state index in [9.17, 15) is 9.59 Å². The van der Waals surface area contributed by atoms with Crippen molar-refractivity contribution in [2.45, 2.75) is 25.3 Å². The monoisotopic (exact) mass is 140 g/mol. The molecule has 0 N–H and O–H groups in total. The number of hydrogen-bond acceptors (Lipinski definition) is 2. The molecule has 0 spiro atoms. The van der Waals surface area contributed by atoms with Gasteiger partial charge in [-0.05, 0) is 6.42 Å². The Kier molecular flexibility index (Phi) is 2.04. The van der Waals surface area contributed by atoms with E-state index in [-0.39, 0.29) is 11.9 Å². The fourth-order valence-electron chi connectivity index (χ4n) is 1.20. The van der Waals surface area contributed by atoms with Crippen LogP contribution in [0.4, 0.5) is 0 Å². The number of carbonyl (C=O) groups is 1. The second-order valence-electron chi connectivity index (χ2n) is 2.55. The summed E-state index contributed by atoms with van der Waals surface area (Å²) in [4.78, 5) is 22.4. The maximum Gasteiger partial charge on any atom is 0.222 e. The molecule has 1 atom stereocenters. The maximum atomic E-state index is 10.9. The largest absolute Gasteiger partial charge is 0.342 e. The van der Waals surface area contributed by atoms with Gasteiger partial charge in [-0.3, -0.25) is 9.59 Å². The Labute approximate surface area is 60.0 Å². The lowest BCUT2D eigenvalue weighted by atomic mass is 10.2. The van der Waals surface area contributed by atoms with Crippen LogP contribution < -0.4 is 0 Å². The van der Waals surface area contributed by atoms with Crippen LogP contribution in [-0.4, -0.2) is 30.2 Å². The summed E-state index contributed by atoms with van der Waals surface area (Å²) in [7, 11) is 1.73. The summed E-state index contributed by atoms with van der Waals surface area (Å²) in [6, 6.07) is 0.116. The van der Waals surface area contributed by atoms with Gasteiger partial charge in [0.1, 0.15) is 0 Å². The van der Waals surface area contributed by atoms with Crippen LogP contribution in [0.2, 0.25) is 0 Å². The zero-order chi connectivity index (χ0) is 7.56. The summed E-state index contributed by atoms with van der Waals surface area (Å²) < 4.78 is 0. The Morgan fingerprint density at radius 1 is 1.80 bits per heavy atom. The summed E-state index contributed by atoms with van der Waals surface area (Å²) in [5, 5.41) is 0. The van der Waals surface area contributed by atoms with E-state index in [2.05, 4.69) is 0 Å². The first kappa shape index (κ1) is 7.25. The third-order valence-corrected chi connectivity index (χ3v) is 1.95. The standard InChI is InChI=1S/C7H10NO2/c1-8-6(4-5-9)2-3-7(8)10/h6H,2-4H2,1H3/t6-/m0/s1. The van der Waals surface area contributed by atoms with Gasteiger partial charge < -0.3 is 4.90 Å². The van der Waals surface area contributed by atoms with Gasteiger partial charge in [-0.1, -0.05) is 0 Å². The molecule has 3 heteroatoms. The molecule has 0 aliphatic carbocycles. The van der Waals surface area contributed by atoms with Crippen LogP contribution in [0.15, 0.2) is 0 Å². The summed E-state index contributed by atoms with van der Waals surface area (Å²) in [6.07, 6.45) is 3.58. The van der Waals surface area contributed by atoms with Gasteiger partial charge in [0.05, 0.1) is 0 Å². The average Bonchev–Trinajstić information content (AvgIpc) is 2.20.